The number of methoxy groups -OCH3 is 1. The summed E-state index contributed by atoms with van der Waals surface area (Å²) in [6.07, 6.45) is 6.25. The third kappa shape index (κ3) is 3.90. The van der Waals surface area contributed by atoms with Crippen molar-refractivity contribution in [1.29, 1.82) is 0 Å². The molecule has 6 nitrogen and oxygen atoms in total. The van der Waals surface area contributed by atoms with E-state index in [1.165, 1.54) is 7.11 Å². The molecule has 1 saturated heterocycles. The number of nitrogens with zero attached hydrogens (tertiary/aromatic N) is 3. The zero-order valence-corrected chi connectivity index (χ0v) is 12.0. The topological polar surface area (TPSA) is 64.5 Å². The maximum absolute atomic E-state index is 11.8. The Morgan fingerprint density at radius 3 is 2.85 bits per heavy atom. The van der Waals surface area contributed by atoms with E-state index in [0.29, 0.717) is 12.6 Å². The molecule has 0 aromatic carbocycles. The van der Waals surface area contributed by atoms with Gasteiger partial charge in [-0.1, -0.05) is 6.92 Å². The molecule has 1 fully saturated rings. The fourth-order valence-electron chi connectivity index (χ4n) is 2.21. The van der Waals surface area contributed by atoms with Crippen LogP contribution >= 0.6 is 0 Å². The molecule has 2 heterocycles. The predicted molar refractivity (Wildman–Crippen MR) is 73.5 cm³/mol. The molecule has 0 bridgehead atoms. The number of likely N-dealkylation sites (tertiary alicyclic amines) is 1. The monoisotopic (exact) mass is 279 g/mol. The Morgan fingerprint density at radius 2 is 2.20 bits per heavy atom. The minimum absolute atomic E-state index is 0.00282. The molecule has 1 aromatic rings. The van der Waals surface area contributed by atoms with Gasteiger partial charge < -0.3 is 14.4 Å². The molecule has 1 amide bonds. The number of carbonyl (C=O) groups is 1. The summed E-state index contributed by atoms with van der Waals surface area (Å²) in [6, 6.07) is 0.383. The standard InChI is InChI=1S/C14H21N3O3/c1-3-11-7-15-14(16-8-11)20-12-5-4-6-17(9-12)13(18)10-19-2/h7-8,12H,3-6,9-10H2,1-2H3. The van der Waals surface area contributed by atoms with Crippen molar-refractivity contribution in [2.24, 2.45) is 0 Å². The molecule has 1 unspecified atom stereocenters. The number of carbonyl (C=O) groups excluding carboxylic acids is 1. The number of aromatic nitrogens is 2. The Kier molecular flexibility index (Phi) is 5.29. The number of aryl methyl sites for hydroxylation is 1. The van der Waals surface area contributed by atoms with Crippen molar-refractivity contribution in [2.75, 3.05) is 26.8 Å². The van der Waals surface area contributed by atoms with Crippen molar-refractivity contribution in [2.45, 2.75) is 32.3 Å². The molecule has 20 heavy (non-hydrogen) atoms. The van der Waals surface area contributed by atoms with Crippen molar-refractivity contribution in [3.63, 3.8) is 0 Å². The van der Waals surface area contributed by atoms with Gasteiger partial charge in [-0.3, -0.25) is 4.79 Å². The first kappa shape index (κ1) is 14.7. The summed E-state index contributed by atoms with van der Waals surface area (Å²) in [4.78, 5) is 21.9. The van der Waals surface area contributed by atoms with Crippen LogP contribution in [0.4, 0.5) is 0 Å². The Balaban J connectivity index is 1.90. The fourth-order valence-corrected chi connectivity index (χ4v) is 2.21. The summed E-state index contributed by atoms with van der Waals surface area (Å²) in [5.41, 5.74) is 1.08. The zero-order valence-electron chi connectivity index (χ0n) is 12.0. The normalized spacial score (nSPS) is 18.9. The third-order valence-corrected chi connectivity index (χ3v) is 3.36. The Morgan fingerprint density at radius 1 is 1.45 bits per heavy atom. The molecule has 0 radical (unpaired) electrons. The van der Waals surface area contributed by atoms with Gasteiger partial charge in [0.25, 0.3) is 0 Å². The molecular weight excluding hydrogens is 258 g/mol. The van der Waals surface area contributed by atoms with Crippen LogP contribution in [0.1, 0.15) is 25.3 Å². The van der Waals surface area contributed by atoms with E-state index in [1.54, 1.807) is 17.3 Å². The second kappa shape index (κ2) is 7.19. The average Bonchev–Trinajstić information content (AvgIpc) is 2.48. The SMILES string of the molecule is CCc1cnc(OC2CCCN(C(=O)COC)C2)nc1. The molecule has 1 aliphatic heterocycles. The highest BCUT2D eigenvalue weighted by Gasteiger charge is 2.25. The first-order valence-electron chi connectivity index (χ1n) is 6.97. The van der Waals surface area contributed by atoms with Gasteiger partial charge in [-0.25, -0.2) is 9.97 Å². The first-order chi connectivity index (χ1) is 9.72. The van der Waals surface area contributed by atoms with Gasteiger partial charge in [0.15, 0.2) is 0 Å². The Bertz CT molecular complexity index is 436. The maximum atomic E-state index is 11.8. The molecule has 1 aromatic heterocycles. The van der Waals surface area contributed by atoms with Crippen LogP contribution in [-0.4, -0.2) is 53.7 Å². The summed E-state index contributed by atoms with van der Waals surface area (Å²) in [6.45, 7) is 3.51. The van der Waals surface area contributed by atoms with Gasteiger partial charge in [-0.2, -0.15) is 0 Å². The van der Waals surface area contributed by atoms with Crippen LogP contribution in [0, 0.1) is 0 Å². The summed E-state index contributed by atoms with van der Waals surface area (Å²) in [5, 5.41) is 0. The van der Waals surface area contributed by atoms with E-state index in [4.69, 9.17) is 9.47 Å². The molecule has 0 spiro atoms. The van der Waals surface area contributed by atoms with E-state index in [-0.39, 0.29) is 18.6 Å². The number of piperidine rings is 1. The second-order valence-corrected chi connectivity index (χ2v) is 4.88. The second-order valence-electron chi connectivity index (χ2n) is 4.88. The van der Waals surface area contributed by atoms with Gasteiger partial charge in [0.1, 0.15) is 12.7 Å². The summed E-state index contributed by atoms with van der Waals surface area (Å²) >= 11 is 0. The lowest BCUT2D eigenvalue weighted by molar-refractivity contribution is -0.137. The molecule has 0 N–H and O–H groups in total. The van der Waals surface area contributed by atoms with Crippen molar-refractivity contribution in [1.82, 2.24) is 14.9 Å². The Labute approximate surface area is 119 Å². The maximum Gasteiger partial charge on any atom is 0.316 e. The Hall–Kier alpha value is -1.69. The quantitative estimate of drug-likeness (QED) is 0.806. The highest BCUT2D eigenvalue weighted by Crippen LogP contribution is 2.15. The van der Waals surface area contributed by atoms with E-state index >= 15 is 0 Å². The number of rotatable bonds is 5. The minimum Gasteiger partial charge on any atom is -0.458 e. The van der Waals surface area contributed by atoms with Gasteiger partial charge in [0, 0.05) is 26.0 Å². The van der Waals surface area contributed by atoms with E-state index in [0.717, 1.165) is 31.4 Å². The number of hydrogen-bond donors (Lipinski definition) is 0. The van der Waals surface area contributed by atoms with Gasteiger partial charge in [-0.05, 0) is 24.8 Å². The van der Waals surface area contributed by atoms with E-state index in [2.05, 4.69) is 16.9 Å². The highest BCUT2D eigenvalue weighted by molar-refractivity contribution is 5.77. The van der Waals surface area contributed by atoms with Crippen molar-refractivity contribution >= 4 is 5.91 Å². The van der Waals surface area contributed by atoms with Crippen LogP contribution in [0.3, 0.4) is 0 Å². The van der Waals surface area contributed by atoms with E-state index in [9.17, 15) is 4.79 Å². The molecular formula is C14H21N3O3. The molecule has 6 heteroatoms. The molecule has 0 saturated carbocycles. The third-order valence-electron chi connectivity index (χ3n) is 3.36. The first-order valence-corrected chi connectivity index (χ1v) is 6.97. The van der Waals surface area contributed by atoms with Gasteiger partial charge in [0.2, 0.25) is 5.91 Å². The lowest BCUT2D eigenvalue weighted by atomic mass is 10.1. The smallest absolute Gasteiger partial charge is 0.316 e. The summed E-state index contributed by atoms with van der Waals surface area (Å²) < 4.78 is 10.6. The van der Waals surface area contributed by atoms with Crippen LogP contribution < -0.4 is 4.74 Å². The van der Waals surface area contributed by atoms with Crippen LogP contribution in [0.25, 0.3) is 0 Å². The summed E-state index contributed by atoms with van der Waals surface area (Å²) in [5.74, 6) is 0.00282. The number of amides is 1. The van der Waals surface area contributed by atoms with Crippen molar-refractivity contribution in [3.8, 4) is 6.01 Å². The van der Waals surface area contributed by atoms with Gasteiger partial charge in [-0.15, -0.1) is 0 Å². The van der Waals surface area contributed by atoms with Crippen LogP contribution in [0.15, 0.2) is 12.4 Å². The highest BCUT2D eigenvalue weighted by atomic mass is 16.5. The van der Waals surface area contributed by atoms with Crippen LogP contribution in [-0.2, 0) is 16.0 Å². The number of hydrogen-bond acceptors (Lipinski definition) is 5. The van der Waals surface area contributed by atoms with E-state index in [1.807, 2.05) is 0 Å². The van der Waals surface area contributed by atoms with E-state index < -0.39 is 0 Å². The van der Waals surface area contributed by atoms with Crippen molar-refractivity contribution in [3.05, 3.63) is 18.0 Å². The molecule has 1 atom stereocenters. The molecule has 110 valence electrons. The lowest BCUT2D eigenvalue weighted by Gasteiger charge is -2.32. The van der Waals surface area contributed by atoms with Gasteiger partial charge >= 0.3 is 6.01 Å². The molecule has 0 aliphatic carbocycles. The zero-order chi connectivity index (χ0) is 14.4. The number of ether oxygens (including phenoxy) is 2. The fraction of sp³-hybridized carbons (Fsp3) is 0.643. The minimum atomic E-state index is -0.0444. The largest absolute Gasteiger partial charge is 0.458 e. The molecule has 1 aliphatic rings. The average molecular weight is 279 g/mol. The molecule has 2 rings (SSSR count). The van der Waals surface area contributed by atoms with Crippen LogP contribution in [0.2, 0.25) is 0 Å². The summed E-state index contributed by atoms with van der Waals surface area (Å²) in [7, 11) is 1.53. The van der Waals surface area contributed by atoms with Crippen molar-refractivity contribution < 1.29 is 14.3 Å². The predicted octanol–water partition coefficient (Wildman–Crippen LogP) is 1.06. The lowest BCUT2D eigenvalue weighted by Crippen LogP contribution is -2.45. The van der Waals surface area contributed by atoms with Crippen LogP contribution in [0.5, 0.6) is 6.01 Å². The van der Waals surface area contributed by atoms with Gasteiger partial charge in [0.05, 0.1) is 6.54 Å².